The molecule has 22 heavy (non-hydrogen) atoms. The van der Waals surface area contributed by atoms with Gasteiger partial charge in [0.2, 0.25) is 0 Å². The Morgan fingerprint density at radius 3 is 2.00 bits per heavy atom. The van der Waals surface area contributed by atoms with Gasteiger partial charge >= 0.3 is 11.4 Å². The summed E-state index contributed by atoms with van der Waals surface area (Å²) in [6.07, 6.45) is 0. The van der Waals surface area contributed by atoms with Crippen molar-refractivity contribution in [2.45, 2.75) is 33.5 Å². The molecule has 2 N–H and O–H groups in total. The van der Waals surface area contributed by atoms with Gasteiger partial charge in [-0.2, -0.15) is 14.0 Å². The maximum atomic E-state index is 11.1. The van der Waals surface area contributed by atoms with Crippen molar-refractivity contribution >= 4 is 0 Å². The van der Waals surface area contributed by atoms with Crippen LogP contribution in [0.1, 0.15) is 13.8 Å². The minimum atomic E-state index is -0.276. The zero-order valence-corrected chi connectivity index (χ0v) is 12.5. The Balaban J connectivity index is 0.000000190. The fourth-order valence-electron chi connectivity index (χ4n) is 1.16. The number of nitrogens with zero attached hydrogens (tertiary/aromatic N) is 7. The highest BCUT2D eigenvalue weighted by Crippen LogP contribution is 1.84. The number of nitrogens with one attached hydrogen (secondary N) is 1. The number of aryl methyl sites for hydroxylation is 2. The Kier molecular flexibility index (Phi) is 7.70. The van der Waals surface area contributed by atoms with Crippen LogP contribution >= 0.6 is 0 Å². The van der Waals surface area contributed by atoms with Gasteiger partial charge in [-0.25, -0.2) is 14.7 Å². The monoisotopic (exact) mass is 316 g/mol. The van der Waals surface area contributed by atoms with Gasteiger partial charge in [0, 0.05) is 13.1 Å². The van der Waals surface area contributed by atoms with E-state index in [1.54, 1.807) is 6.92 Å². The fraction of sp³-hybridized carbons (Fsp3) is 0.800. The van der Waals surface area contributed by atoms with Crippen molar-refractivity contribution < 1.29 is 9.84 Å². The Bertz CT molecular complexity index is 637. The van der Waals surface area contributed by atoms with E-state index in [0.717, 1.165) is 17.9 Å². The molecular formula is C10H20N8O4. The minimum absolute atomic E-state index is 0.0949. The van der Waals surface area contributed by atoms with E-state index in [9.17, 15) is 9.59 Å². The normalized spacial score (nSPS) is 12.0. The highest BCUT2D eigenvalue weighted by Gasteiger charge is 2.02. The molecule has 0 spiro atoms. The highest BCUT2D eigenvalue weighted by atomic mass is 16.6. The number of rotatable bonds is 4. The third-order valence-corrected chi connectivity index (χ3v) is 2.35. The van der Waals surface area contributed by atoms with E-state index >= 15 is 0 Å². The van der Waals surface area contributed by atoms with Crippen LogP contribution in [0.15, 0.2) is 9.59 Å². The van der Waals surface area contributed by atoms with E-state index in [2.05, 4.69) is 30.7 Å². The lowest BCUT2D eigenvalue weighted by Crippen LogP contribution is -2.25. The van der Waals surface area contributed by atoms with Gasteiger partial charge in [0.1, 0.15) is 0 Å². The lowest BCUT2D eigenvalue weighted by molar-refractivity contribution is 0.266. The van der Waals surface area contributed by atoms with Crippen LogP contribution < -0.4 is 11.4 Å². The van der Waals surface area contributed by atoms with Crippen LogP contribution in [-0.2, 0) is 24.4 Å². The van der Waals surface area contributed by atoms with E-state index in [-0.39, 0.29) is 24.5 Å². The van der Waals surface area contributed by atoms with Gasteiger partial charge in [-0.3, -0.25) is 0 Å². The molecule has 2 aromatic heterocycles. The molecule has 3 rings (SSSR count). The van der Waals surface area contributed by atoms with Crippen molar-refractivity contribution in [3.05, 3.63) is 21.0 Å². The second-order valence-electron chi connectivity index (χ2n) is 3.96. The Labute approximate surface area is 125 Å². The maximum Gasteiger partial charge on any atom is 0.363 e. The molecule has 1 saturated heterocycles. The summed E-state index contributed by atoms with van der Waals surface area (Å²) in [4.78, 5) is 21.5. The molecular weight excluding hydrogens is 296 g/mol. The first-order valence-electron chi connectivity index (χ1n) is 6.81. The van der Waals surface area contributed by atoms with Gasteiger partial charge in [0.05, 0.1) is 26.4 Å². The zero-order chi connectivity index (χ0) is 16.4. The summed E-state index contributed by atoms with van der Waals surface area (Å²) in [5.41, 5.74) is -0.533. The first kappa shape index (κ1) is 17.7. The predicted octanol–water partition coefficient (Wildman–Crippen LogP) is -2.55. The molecule has 0 aromatic carbocycles. The standard InChI is InChI=1S/C5H10N4O2.C3H6N4O.C2H4O/c1-2-8-5(11)9(3-4-10)7-6-8;1-2-7-3(8)4-5-6-7;1-2-3-1/h10H,2-4H2,1H3;2H2,1H3,(H,4,6,8);1-2H2. The number of ether oxygens (including phenoxy) is 1. The molecule has 1 fully saturated rings. The molecule has 0 bridgehead atoms. The van der Waals surface area contributed by atoms with E-state index in [1.807, 2.05) is 6.92 Å². The molecule has 0 atom stereocenters. The number of aromatic amines is 1. The van der Waals surface area contributed by atoms with Crippen LogP contribution in [0.25, 0.3) is 0 Å². The summed E-state index contributed by atoms with van der Waals surface area (Å²) in [7, 11) is 0. The number of H-pyrrole nitrogens is 1. The first-order chi connectivity index (χ1) is 10.6. The topological polar surface area (TPSA) is 149 Å². The molecule has 0 aliphatic carbocycles. The average molecular weight is 316 g/mol. The largest absolute Gasteiger partial charge is 0.394 e. The number of tetrazole rings is 2. The van der Waals surface area contributed by atoms with Crippen molar-refractivity contribution in [1.82, 2.24) is 40.0 Å². The minimum Gasteiger partial charge on any atom is -0.394 e. The lowest BCUT2D eigenvalue weighted by atomic mass is 10.7. The van der Waals surface area contributed by atoms with Crippen LogP contribution in [0.4, 0.5) is 0 Å². The summed E-state index contributed by atoms with van der Waals surface area (Å²) in [6, 6.07) is 0. The SMILES string of the molecule is C1CO1.CCn1nn[nH]c1=O.CCn1nnn(CCO)c1=O. The molecule has 2 aromatic rings. The van der Waals surface area contributed by atoms with Gasteiger partial charge in [-0.1, -0.05) is 0 Å². The third-order valence-electron chi connectivity index (χ3n) is 2.35. The number of hydrogen-bond acceptors (Lipinski definition) is 8. The van der Waals surface area contributed by atoms with Crippen molar-refractivity contribution in [1.29, 1.82) is 0 Å². The van der Waals surface area contributed by atoms with Crippen molar-refractivity contribution in [2.75, 3.05) is 19.8 Å². The fourth-order valence-corrected chi connectivity index (χ4v) is 1.16. The van der Waals surface area contributed by atoms with Crippen LogP contribution in [0.3, 0.4) is 0 Å². The average Bonchev–Trinajstić information content (AvgIpc) is 3.29. The Hall–Kier alpha value is -2.34. The van der Waals surface area contributed by atoms with Crippen molar-refractivity contribution in [3.8, 4) is 0 Å². The Morgan fingerprint density at radius 1 is 1.09 bits per heavy atom. The zero-order valence-electron chi connectivity index (χ0n) is 12.5. The number of aliphatic hydroxyl groups is 1. The molecule has 12 nitrogen and oxygen atoms in total. The van der Waals surface area contributed by atoms with Crippen molar-refractivity contribution in [2.24, 2.45) is 0 Å². The number of aromatic nitrogens is 8. The lowest BCUT2D eigenvalue weighted by Gasteiger charge is -1.90. The van der Waals surface area contributed by atoms with E-state index in [0.29, 0.717) is 13.1 Å². The summed E-state index contributed by atoms with van der Waals surface area (Å²) in [5.74, 6) is 0. The molecule has 0 radical (unpaired) electrons. The quantitative estimate of drug-likeness (QED) is 0.586. The number of aliphatic hydroxyl groups excluding tert-OH is 1. The van der Waals surface area contributed by atoms with Gasteiger partial charge in [-0.05, 0) is 34.7 Å². The number of epoxide rings is 1. The van der Waals surface area contributed by atoms with Crippen LogP contribution in [0, 0.1) is 0 Å². The van der Waals surface area contributed by atoms with E-state index in [4.69, 9.17) is 5.11 Å². The number of hydrogen-bond donors (Lipinski definition) is 2. The molecule has 0 saturated carbocycles. The van der Waals surface area contributed by atoms with Crippen LogP contribution in [-0.4, -0.2) is 64.9 Å². The van der Waals surface area contributed by atoms with Crippen molar-refractivity contribution in [3.63, 3.8) is 0 Å². The maximum absolute atomic E-state index is 11.1. The van der Waals surface area contributed by atoms with Crippen LogP contribution in [0.5, 0.6) is 0 Å². The summed E-state index contributed by atoms with van der Waals surface area (Å²) in [5, 5.41) is 24.4. The van der Waals surface area contributed by atoms with Crippen LogP contribution in [0.2, 0.25) is 0 Å². The first-order valence-corrected chi connectivity index (χ1v) is 6.81. The predicted molar refractivity (Wildman–Crippen MR) is 74.2 cm³/mol. The smallest absolute Gasteiger partial charge is 0.363 e. The molecule has 124 valence electrons. The molecule has 0 unspecified atom stereocenters. The molecule has 1 aliphatic rings. The molecule has 12 heteroatoms. The van der Waals surface area contributed by atoms with Gasteiger partial charge < -0.3 is 9.84 Å². The molecule has 0 amide bonds. The van der Waals surface area contributed by atoms with Gasteiger partial charge in [0.15, 0.2) is 0 Å². The second-order valence-corrected chi connectivity index (χ2v) is 3.96. The third kappa shape index (κ3) is 5.97. The summed E-state index contributed by atoms with van der Waals surface area (Å²) < 4.78 is 8.10. The highest BCUT2D eigenvalue weighted by molar-refractivity contribution is 4.56. The summed E-state index contributed by atoms with van der Waals surface area (Å²) in [6.45, 7) is 6.81. The van der Waals surface area contributed by atoms with Gasteiger partial charge in [0.25, 0.3) is 0 Å². The van der Waals surface area contributed by atoms with E-state index in [1.165, 1.54) is 9.36 Å². The molecule has 3 heterocycles. The second kappa shape index (κ2) is 9.57. The molecule has 1 aliphatic heterocycles. The van der Waals surface area contributed by atoms with Gasteiger partial charge in [-0.15, -0.1) is 0 Å². The Morgan fingerprint density at radius 2 is 1.68 bits per heavy atom. The summed E-state index contributed by atoms with van der Waals surface area (Å²) >= 11 is 0. The van der Waals surface area contributed by atoms with E-state index < -0.39 is 0 Å².